The summed E-state index contributed by atoms with van der Waals surface area (Å²) in [6.45, 7) is 5.44. The molecule has 1 amide bonds. The number of hydrogen-bond acceptors (Lipinski definition) is 4. The number of amides is 1. The third-order valence-corrected chi connectivity index (χ3v) is 4.41. The zero-order valence-electron chi connectivity index (χ0n) is 14.9. The Morgan fingerprint density at radius 3 is 2.73 bits per heavy atom. The fraction of sp³-hybridized carbons (Fsp3) is 0.421. The summed E-state index contributed by atoms with van der Waals surface area (Å²) in [7, 11) is 0. The van der Waals surface area contributed by atoms with Crippen molar-refractivity contribution in [2.45, 2.75) is 26.7 Å². The van der Waals surface area contributed by atoms with E-state index in [1.807, 2.05) is 0 Å². The van der Waals surface area contributed by atoms with Gasteiger partial charge in [-0.2, -0.15) is 5.10 Å². The van der Waals surface area contributed by atoms with Gasteiger partial charge in [0.2, 0.25) is 11.3 Å². The van der Waals surface area contributed by atoms with Crippen LogP contribution in [0.2, 0.25) is 0 Å². The molecule has 1 aliphatic rings. The molecule has 7 heteroatoms. The summed E-state index contributed by atoms with van der Waals surface area (Å²) in [6, 6.07) is 6.89. The summed E-state index contributed by atoms with van der Waals surface area (Å²) < 4.78 is 20.1. The van der Waals surface area contributed by atoms with Crippen molar-refractivity contribution in [3.05, 3.63) is 52.1 Å². The van der Waals surface area contributed by atoms with E-state index < -0.39 is 5.43 Å². The number of ether oxygens (including phenoxy) is 1. The Hall–Kier alpha value is -2.70. The van der Waals surface area contributed by atoms with Crippen LogP contribution in [0.5, 0.6) is 5.88 Å². The molecule has 2 heterocycles. The van der Waals surface area contributed by atoms with Gasteiger partial charge < -0.3 is 9.64 Å². The molecule has 3 rings (SSSR count). The number of likely N-dealkylation sites (tertiary alicyclic amines) is 1. The minimum Gasteiger partial charge on any atom is -0.478 e. The molecule has 1 aromatic heterocycles. The van der Waals surface area contributed by atoms with Gasteiger partial charge in [0.15, 0.2) is 5.69 Å². The van der Waals surface area contributed by atoms with Crippen LogP contribution < -0.4 is 10.2 Å². The second kappa shape index (κ2) is 7.68. The molecule has 0 spiro atoms. The summed E-state index contributed by atoms with van der Waals surface area (Å²) in [4.78, 5) is 27.0. The van der Waals surface area contributed by atoms with Crippen molar-refractivity contribution in [2.24, 2.45) is 5.92 Å². The summed E-state index contributed by atoms with van der Waals surface area (Å²) >= 11 is 0. The maximum atomic E-state index is 13.2. The first-order valence-corrected chi connectivity index (χ1v) is 8.82. The summed E-state index contributed by atoms with van der Waals surface area (Å²) in [5, 5.41) is 4.26. The van der Waals surface area contributed by atoms with Gasteiger partial charge in [0.25, 0.3) is 5.91 Å². The van der Waals surface area contributed by atoms with Gasteiger partial charge in [0, 0.05) is 13.1 Å². The predicted molar refractivity (Wildman–Crippen MR) is 95.3 cm³/mol. The highest BCUT2D eigenvalue weighted by Crippen LogP contribution is 2.19. The standard InChI is InChI=1S/C19H22FN3O3/c1-3-26-17-11-16(24)18(19(25)22-10-4-5-13(2)12-22)21-23(17)15-8-6-14(20)7-9-15/h6-9,11,13H,3-5,10,12H2,1-2H3/t13-/m1/s1. The molecular weight excluding hydrogens is 337 g/mol. The van der Waals surface area contributed by atoms with Crippen LogP contribution in [0.15, 0.2) is 35.1 Å². The summed E-state index contributed by atoms with van der Waals surface area (Å²) in [5.74, 6) is -0.144. The first-order chi connectivity index (χ1) is 12.5. The Balaban J connectivity index is 2.03. The monoisotopic (exact) mass is 359 g/mol. The van der Waals surface area contributed by atoms with Crippen LogP contribution >= 0.6 is 0 Å². The van der Waals surface area contributed by atoms with Crippen molar-refractivity contribution in [3.8, 4) is 11.6 Å². The second-order valence-corrected chi connectivity index (χ2v) is 6.52. The zero-order chi connectivity index (χ0) is 18.7. The lowest BCUT2D eigenvalue weighted by Gasteiger charge is -2.30. The number of nitrogens with zero attached hydrogens (tertiary/aromatic N) is 3. The van der Waals surface area contributed by atoms with Crippen LogP contribution in [-0.4, -0.2) is 40.3 Å². The average Bonchev–Trinajstić information content (AvgIpc) is 2.62. The molecule has 0 radical (unpaired) electrons. The van der Waals surface area contributed by atoms with Gasteiger partial charge >= 0.3 is 0 Å². The molecule has 0 saturated carbocycles. The van der Waals surface area contributed by atoms with Crippen molar-refractivity contribution in [2.75, 3.05) is 19.7 Å². The third-order valence-electron chi connectivity index (χ3n) is 4.41. The number of benzene rings is 1. The Morgan fingerprint density at radius 2 is 2.08 bits per heavy atom. The zero-order valence-corrected chi connectivity index (χ0v) is 14.9. The van der Waals surface area contributed by atoms with Gasteiger partial charge in [0.1, 0.15) is 5.82 Å². The fourth-order valence-electron chi connectivity index (χ4n) is 3.13. The molecule has 1 fully saturated rings. The molecule has 0 N–H and O–H groups in total. The molecule has 1 saturated heterocycles. The van der Waals surface area contributed by atoms with Crippen molar-refractivity contribution in [3.63, 3.8) is 0 Å². The van der Waals surface area contributed by atoms with E-state index >= 15 is 0 Å². The summed E-state index contributed by atoms with van der Waals surface area (Å²) in [6.07, 6.45) is 1.98. The van der Waals surface area contributed by atoms with E-state index in [0.717, 1.165) is 12.8 Å². The van der Waals surface area contributed by atoms with E-state index in [2.05, 4.69) is 12.0 Å². The van der Waals surface area contributed by atoms with Gasteiger partial charge in [-0.05, 0) is 49.9 Å². The van der Waals surface area contributed by atoms with Gasteiger partial charge in [-0.15, -0.1) is 0 Å². The molecule has 26 heavy (non-hydrogen) atoms. The Bertz CT molecular complexity index is 848. The van der Waals surface area contributed by atoms with Crippen LogP contribution in [0.4, 0.5) is 4.39 Å². The molecule has 0 aliphatic carbocycles. The second-order valence-electron chi connectivity index (χ2n) is 6.52. The normalized spacial score (nSPS) is 17.2. The third kappa shape index (κ3) is 3.76. The molecule has 6 nitrogen and oxygen atoms in total. The number of aromatic nitrogens is 2. The Kier molecular flexibility index (Phi) is 5.35. The van der Waals surface area contributed by atoms with Crippen LogP contribution in [0, 0.1) is 11.7 Å². The van der Waals surface area contributed by atoms with Crippen LogP contribution in [-0.2, 0) is 0 Å². The molecule has 1 aromatic carbocycles. The van der Waals surface area contributed by atoms with Crippen molar-refractivity contribution in [1.29, 1.82) is 0 Å². The number of rotatable bonds is 4. The number of piperidine rings is 1. The van der Waals surface area contributed by atoms with E-state index in [1.54, 1.807) is 11.8 Å². The Labute approximate surface area is 151 Å². The van der Waals surface area contributed by atoms with Crippen LogP contribution in [0.3, 0.4) is 0 Å². The highest BCUT2D eigenvalue weighted by atomic mass is 19.1. The van der Waals surface area contributed by atoms with E-state index in [-0.39, 0.29) is 23.3 Å². The number of carbonyl (C=O) groups is 1. The quantitative estimate of drug-likeness (QED) is 0.842. The largest absolute Gasteiger partial charge is 0.478 e. The van der Waals surface area contributed by atoms with Crippen molar-refractivity contribution in [1.82, 2.24) is 14.7 Å². The fourth-order valence-corrected chi connectivity index (χ4v) is 3.13. The molecule has 2 aromatic rings. The molecule has 1 atom stereocenters. The topological polar surface area (TPSA) is 64.4 Å². The van der Waals surface area contributed by atoms with Crippen molar-refractivity contribution < 1.29 is 13.9 Å². The maximum absolute atomic E-state index is 13.2. The van der Waals surface area contributed by atoms with Crippen molar-refractivity contribution >= 4 is 5.91 Å². The minimum atomic E-state index is -0.477. The van der Waals surface area contributed by atoms with Crippen LogP contribution in [0.25, 0.3) is 5.69 Å². The van der Waals surface area contributed by atoms with Gasteiger partial charge in [-0.3, -0.25) is 9.59 Å². The molecule has 138 valence electrons. The van der Waals surface area contributed by atoms with Crippen LogP contribution in [0.1, 0.15) is 37.2 Å². The SMILES string of the molecule is CCOc1cc(=O)c(C(=O)N2CCC[C@@H](C)C2)nn1-c1ccc(F)cc1. The number of halogens is 1. The molecular formula is C19H22FN3O3. The average molecular weight is 359 g/mol. The predicted octanol–water partition coefficient (Wildman–Crippen LogP) is 2.64. The van der Waals surface area contributed by atoms with E-state index in [4.69, 9.17) is 4.74 Å². The lowest BCUT2D eigenvalue weighted by atomic mass is 10.00. The smallest absolute Gasteiger partial charge is 0.278 e. The van der Waals surface area contributed by atoms with Gasteiger partial charge in [-0.25, -0.2) is 9.07 Å². The minimum absolute atomic E-state index is 0.146. The number of carbonyl (C=O) groups excluding carboxylic acids is 1. The lowest BCUT2D eigenvalue weighted by Crippen LogP contribution is -2.41. The number of hydrogen-bond donors (Lipinski definition) is 0. The highest BCUT2D eigenvalue weighted by molar-refractivity contribution is 5.92. The van der Waals surface area contributed by atoms with Gasteiger partial charge in [0.05, 0.1) is 18.4 Å². The molecule has 0 bridgehead atoms. The maximum Gasteiger partial charge on any atom is 0.278 e. The first-order valence-electron chi connectivity index (χ1n) is 8.82. The van der Waals surface area contributed by atoms with E-state index in [1.165, 1.54) is 35.0 Å². The summed E-state index contributed by atoms with van der Waals surface area (Å²) in [5.41, 5.74) is -0.113. The van der Waals surface area contributed by atoms with E-state index in [0.29, 0.717) is 31.3 Å². The Morgan fingerprint density at radius 1 is 1.35 bits per heavy atom. The first kappa shape index (κ1) is 18.1. The molecule has 1 aliphatic heterocycles. The van der Waals surface area contributed by atoms with E-state index in [9.17, 15) is 14.0 Å². The molecule has 0 unspecified atom stereocenters. The highest BCUT2D eigenvalue weighted by Gasteiger charge is 2.26. The lowest BCUT2D eigenvalue weighted by molar-refractivity contribution is 0.0673. The van der Waals surface area contributed by atoms with Gasteiger partial charge in [-0.1, -0.05) is 6.92 Å².